The van der Waals surface area contributed by atoms with Gasteiger partial charge in [-0.05, 0) is 57.7 Å². The summed E-state index contributed by atoms with van der Waals surface area (Å²) >= 11 is 0. The monoisotopic (exact) mass is 360 g/mol. The first-order chi connectivity index (χ1) is 12.5. The van der Waals surface area contributed by atoms with Crippen LogP contribution in [0.15, 0.2) is 18.2 Å². The van der Waals surface area contributed by atoms with Crippen LogP contribution in [0.3, 0.4) is 0 Å². The number of piperidine rings is 1. The zero-order valence-electron chi connectivity index (χ0n) is 14.7. The molecule has 2 aliphatic rings. The normalized spacial score (nSPS) is 22.3. The number of nitrogens with one attached hydrogen (secondary N) is 2. The summed E-state index contributed by atoms with van der Waals surface area (Å²) in [4.78, 5) is 12.8. The van der Waals surface area contributed by atoms with E-state index < -0.39 is 11.6 Å². The lowest BCUT2D eigenvalue weighted by Gasteiger charge is -2.30. The van der Waals surface area contributed by atoms with Gasteiger partial charge in [-0.1, -0.05) is 0 Å². The molecule has 2 unspecified atom stereocenters. The van der Waals surface area contributed by atoms with Crippen LogP contribution in [0, 0.1) is 11.6 Å². The molecule has 0 spiro atoms. The van der Waals surface area contributed by atoms with E-state index in [-0.39, 0.29) is 18.0 Å². The molecule has 4 rings (SSSR count). The Morgan fingerprint density at radius 2 is 2.12 bits per heavy atom. The van der Waals surface area contributed by atoms with Gasteiger partial charge in [0.2, 0.25) is 0 Å². The molecule has 1 amide bonds. The molecule has 1 saturated heterocycles. The average molecular weight is 360 g/mol. The van der Waals surface area contributed by atoms with Gasteiger partial charge in [-0.3, -0.25) is 4.79 Å². The fourth-order valence-electron chi connectivity index (χ4n) is 3.93. The molecule has 1 fully saturated rings. The molecule has 2 N–H and O–H groups in total. The topological polar surface area (TPSA) is 58.9 Å². The van der Waals surface area contributed by atoms with E-state index in [0.717, 1.165) is 62.0 Å². The number of benzene rings is 1. The molecular formula is C19H22F2N4O. The van der Waals surface area contributed by atoms with Crippen molar-refractivity contribution in [1.29, 1.82) is 0 Å². The van der Waals surface area contributed by atoms with Crippen molar-refractivity contribution in [2.45, 2.75) is 51.1 Å². The largest absolute Gasteiger partial charge is 0.346 e. The number of rotatable bonds is 3. The summed E-state index contributed by atoms with van der Waals surface area (Å²) in [6, 6.07) is 3.98. The lowest BCUT2D eigenvalue weighted by Crippen LogP contribution is -2.52. The van der Waals surface area contributed by atoms with Crippen molar-refractivity contribution in [2.75, 3.05) is 6.54 Å². The molecule has 138 valence electrons. The smallest absolute Gasteiger partial charge is 0.272 e. The number of carbonyl (C=O) groups excluding carboxylic acids is 1. The number of nitrogens with zero attached hydrogens (tertiary/aromatic N) is 2. The van der Waals surface area contributed by atoms with E-state index >= 15 is 0 Å². The zero-order valence-corrected chi connectivity index (χ0v) is 14.7. The number of carbonyl (C=O) groups is 1. The number of hydrogen-bond donors (Lipinski definition) is 2. The second-order valence-electron chi connectivity index (χ2n) is 7.10. The molecule has 1 aliphatic carbocycles. The third kappa shape index (κ3) is 3.00. The minimum absolute atomic E-state index is 0.0710. The molecule has 7 heteroatoms. The van der Waals surface area contributed by atoms with E-state index in [1.807, 2.05) is 0 Å². The van der Waals surface area contributed by atoms with Crippen molar-refractivity contribution in [1.82, 2.24) is 20.4 Å². The van der Waals surface area contributed by atoms with E-state index in [1.165, 1.54) is 6.07 Å². The van der Waals surface area contributed by atoms with Gasteiger partial charge in [0, 0.05) is 29.4 Å². The zero-order chi connectivity index (χ0) is 18.3. The lowest BCUT2D eigenvalue weighted by atomic mass is 9.99. The predicted molar refractivity (Wildman–Crippen MR) is 93.5 cm³/mol. The van der Waals surface area contributed by atoms with Gasteiger partial charge in [0.25, 0.3) is 5.91 Å². The van der Waals surface area contributed by atoms with Gasteiger partial charge < -0.3 is 10.6 Å². The summed E-state index contributed by atoms with van der Waals surface area (Å²) in [5.74, 6) is -2.00. The minimum atomic E-state index is -0.919. The fourth-order valence-corrected chi connectivity index (χ4v) is 3.93. The van der Waals surface area contributed by atoms with Gasteiger partial charge in [0.15, 0.2) is 17.3 Å². The van der Waals surface area contributed by atoms with Crippen LogP contribution in [0.2, 0.25) is 0 Å². The maximum absolute atomic E-state index is 13.6. The SMILES string of the molecule is CC1NCCCC1NC(=O)c1nn(-c2ccc(F)c(F)c2)c2c1CCC2. The van der Waals surface area contributed by atoms with Crippen LogP contribution < -0.4 is 10.6 Å². The summed E-state index contributed by atoms with van der Waals surface area (Å²) in [5, 5.41) is 10.9. The Labute approximate surface area is 150 Å². The van der Waals surface area contributed by atoms with Crippen LogP contribution in [0.25, 0.3) is 5.69 Å². The number of amides is 1. The van der Waals surface area contributed by atoms with E-state index in [2.05, 4.69) is 22.7 Å². The molecule has 0 bridgehead atoms. The summed E-state index contributed by atoms with van der Waals surface area (Å²) in [5.41, 5.74) is 2.67. The van der Waals surface area contributed by atoms with Gasteiger partial charge in [0.05, 0.1) is 5.69 Å². The first-order valence-electron chi connectivity index (χ1n) is 9.15. The maximum Gasteiger partial charge on any atom is 0.272 e. The molecule has 2 heterocycles. The second kappa shape index (κ2) is 6.79. The second-order valence-corrected chi connectivity index (χ2v) is 7.10. The van der Waals surface area contributed by atoms with Crippen LogP contribution in [-0.2, 0) is 12.8 Å². The highest BCUT2D eigenvalue weighted by Crippen LogP contribution is 2.28. The van der Waals surface area contributed by atoms with Crippen molar-refractivity contribution >= 4 is 5.91 Å². The molecule has 1 aromatic heterocycles. The Bertz CT molecular complexity index is 848. The van der Waals surface area contributed by atoms with Crippen molar-refractivity contribution in [3.63, 3.8) is 0 Å². The predicted octanol–water partition coefficient (Wildman–Crippen LogP) is 2.51. The summed E-state index contributed by atoms with van der Waals surface area (Å²) in [6.45, 7) is 3.03. The van der Waals surface area contributed by atoms with E-state index in [4.69, 9.17) is 0 Å². The molecule has 26 heavy (non-hydrogen) atoms. The van der Waals surface area contributed by atoms with E-state index in [1.54, 1.807) is 4.68 Å². The van der Waals surface area contributed by atoms with E-state index in [0.29, 0.717) is 11.4 Å². The molecule has 2 aromatic rings. The molecule has 2 atom stereocenters. The molecule has 5 nitrogen and oxygen atoms in total. The first kappa shape index (κ1) is 17.1. The molecule has 1 aliphatic heterocycles. The van der Waals surface area contributed by atoms with Gasteiger partial charge in [-0.2, -0.15) is 5.10 Å². The Balaban J connectivity index is 1.65. The summed E-state index contributed by atoms with van der Waals surface area (Å²) in [6.07, 6.45) is 4.44. The summed E-state index contributed by atoms with van der Waals surface area (Å²) < 4.78 is 28.5. The molecule has 1 aromatic carbocycles. The fraction of sp³-hybridized carbons (Fsp3) is 0.474. The van der Waals surface area contributed by atoms with Crippen molar-refractivity contribution in [2.24, 2.45) is 0 Å². The van der Waals surface area contributed by atoms with Crippen LogP contribution in [0.5, 0.6) is 0 Å². The van der Waals surface area contributed by atoms with Gasteiger partial charge in [-0.15, -0.1) is 0 Å². The Kier molecular flexibility index (Phi) is 4.48. The Hall–Kier alpha value is -2.28. The highest BCUT2D eigenvalue weighted by atomic mass is 19.2. The third-order valence-corrected chi connectivity index (χ3v) is 5.37. The minimum Gasteiger partial charge on any atom is -0.346 e. The Morgan fingerprint density at radius 1 is 1.27 bits per heavy atom. The van der Waals surface area contributed by atoms with Crippen LogP contribution in [-0.4, -0.2) is 34.3 Å². The number of aromatic nitrogens is 2. The summed E-state index contributed by atoms with van der Waals surface area (Å²) in [7, 11) is 0. The highest BCUT2D eigenvalue weighted by molar-refractivity contribution is 5.94. The third-order valence-electron chi connectivity index (χ3n) is 5.37. The van der Waals surface area contributed by atoms with E-state index in [9.17, 15) is 13.6 Å². The van der Waals surface area contributed by atoms with Crippen molar-refractivity contribution in [3.05, 3.63) is 46.8 Å². The number of halogens is 2. The first-order valence-corrected chi connectivity index (χ1v) is 9.15. The molecule has 0 radical (unpaired) electrons. The average Bonchev–Trinajstić information content (AvgIpc) is 3.22. The Morgan fingerprint density at radius 3 is 2.88 bits per heavy atom. The quantitative estimate of drug-likeness (QED) is 0.884. The van der Waals surface area contributed by atoms with Crippen LogP contribution in [0.1, 0.15) is 47.9 Å². The number of hydrogen-bond acceptors (Lipinski definition) is 3. The van der Waals surface area contributed by atoms with Gasteiger partial charge in [0.1, 0.15) is 0 Å². The number of fused-ring (bicyclic) bond motifs is 1. The van der Waals surface area contributed by atoms with Crippen molar-refractivity contribution < 1.29 is 13.6 Å². The molecular weight excluding hydrogens is 338 g/mol. The molecule has 0 saturated carbocycles. The van der Waals surface area contributed by atoms with Crippen LogP contribution >= 0.6 is 0 Å². The van der Waals surface area contributed by atoms with Crippen molar-refractivity contribution in [3.8, 4) is 5.69 Å². The maximum atomic E-state index is 13.6. The standard InChI is InChI=1S/C19H22F2N4O/c1-11-16(5-3-9-22-11)23-19(26)18-13-4-2-6-17(13)25(24-18)12-7-8-14(20)15(21)10-12/h7-8,10-11,16,22H,2-6,9H2,1H3,(H,23,26). The highest BCUT2D eigenvalue weighted by Gasteiger charge is 2.30. The van der Waals surface area contributed by atoms with Gasteiger partial charge in [-0.25, -0.2) is 13.5 Å². The lowest BCUT2D eigenvalue weighted by molar-refractivity contribution is 0.0913. The van der Waals surface area contributed by atoms with Gasteiger partial charge >= 0.3 is 0 Å². The van der Waals surface area contributed by atoms with Crippen LogP contribution in [0.4, 0.5) is 8.78 Å².